The average Bonchev–Trinajstić information content (AvgIpc) is 3.42. The van der Waals surface area contributed by atoms with Gasteiger partial charge in [-0.05, 0) is 35.0 Å². The highest BCUT2D eigenvalue weighted by molar-refractivity contribution is 5.84. The second-order valence-corrected chi connectivity index (χ2v) is 5.62. The highest BCUT2D eigenvalue weighted by atomic mass is 15.5. The Labute approximate surface area is 141 Å². The molecule has 5 rings (SSSR count). The maximum Gasteiger partial charge on any atom is 0.204 e. The first kappa shape index (κ1) is 13.6. The van der Waals surface area contributed by atoms with E-state index in [1.165, 1.54) is 0 Å². The van der Waals surface area contributed by atoms with Gasteiger partial charge in [-0.2, -0.15) is 10.3 Å². The molecule has 8 nitrogen and oxygen atoms in total. The number of aromatic nitrogens is 8. The molecule has 3 heterocycles. The Balaban J connectivity index is 1.58. The summed E-state index contributed by atoms with van der Waals surface area (Å²) in [6, 6.07) is 14.0. The van der Waals surface area contributed by atoms with Crippen LogP contribution >= 0.6 is 0 Å². The van der Waals surface area contributed by atoms with Gasteiger partial charge < -0.3 is 4.98 Å². The molecule has 0 saturated carbocycles. The summed E-state index contributed by atoms with van der Waals surface area (Å²) < 4.78 is 0. The zero-order chi connectivity index (χ0) is 16.6. The average molecular weight is 328 g/mol. The van der Waals surface area contributed by atoms with E-state index in [4.69, 9.17) is 0 Å². The minimum absolute atomic E-state index is 0.556. The Bertz CT molecular complexity index is 1140. The maximum absolute atomic E-state index is 4.68. The number of fused-ring (bicyclic) bond motifs is 1. The fourth-order valence-corrected chi connectivity index (χ4v) is 2.82. The van der Waals surface area contributed by atoms with E-state index in [1.807, 2.05) is 42.6 Å². The fraction of sp³-hybridized carbons (Fsp3) is 0. The van der Waals surface area contributed by atoms with E-state index in [0.717, 1.165) is 39.1 Å². The molecule has 3 aromatic heterocycles. The van der Waals surface area contributed by atoms with Crippen molar-refractivity contribution in [3.63, 3.8) is 0 Å². The SMILES string of the molecule is c1cc(-c2cn[nH]c2)cc(-c2nc3ccc(-c4nn[nH]n4)cc3[nH]2)c1. The normalized spacial score (nSPS) is 11.2. The summed E-state index contributed by atoms with van der Waals surface area (Å²) in [5.41, 5.74) is 5.82. The lowest BCUT2D eigenvalue weighted by atomic mass is 10.1. The van der Waals surface area contributed by atoms with Crippen LogP contribution in [0.3, 0.4) is 0 Å². The Morgan fingerprint density at radius 2 is 1.84 bits per heavy atom. The minimum Gasteiger partial charge on any atom is -0.338 e. The second-order valence-electron chi connectivity index (χ2n) is 5.62. The van der Waals surface area contributed by atoms with Gasteiger partial charge in [0.1, 0.15) is 5.82 Å². The van der Waals surface area contributed by atoms with Crippen molar-refractivity contribution in [1.82, 2.24) is 40.8 Å². The molecule has 0 aliphatic rings. The maximum atomic E-state index is 4.68. The molecule has 8 heteroatoms. The summed E-state index contributed by atoms with van der Waals surface area (Å²) in [4.78, 5) is 8.05. The van der Waals surface area contributed by atoms with Gasteiger partial charge in [0, 0.05) is 22.9 Å². The molecule has 0 saturated heterocycles. The highest BCUT2D eigenvalue weighted by Gasteiger charge is 2.10. The summed E-state index contributed by atoms with van der Waals surface area (Å²) in [6.45, 7) is 0. The highest BCUT2D eigenvalue weighted by Crippen LogP contribution is 2.27. The van der Waals surface area contributed by atoms with E-state index >= 15 is 0 Å². The van der Waals surface area contributed by atoms with E-state index in [-0.39, 0.29) is 0 Å². The van der Waals surface area contributed by atoms with Crippen LogP contribution in [0.15, 0.2) is 54.9 Å². The predicted molar refractivity (Wildman–Crippen MR) is 92.3 cm³/mol. The molecule has 0 amide bonds. The Morgan fingerprint density at radius 1 is 0.880 bits per heavy atom. The summed E-state index contributed by atoms with van der Waals surface area (Å²) >= 11 is 0. The number of nitrogens with one attached hydrogen (secondary N) is 3. The Hall–Kier alpha value is -3.81. The lowest BCUT2D eigenvalue weighted by Gasteiger charge is -2.00. The van der Waals surface area contributed by atoms with E-state index < -0.39 is 0 Å². The molecule has 0 fully saturated rings. The van der Waals surface area contributed by atoms with Crippen LogP contribution in [-0.2, 0) is 0 Å². The van der Waals surface area contributed by atoms with Crippen LogP contribution in [0.4, 0.5) is 0 Å². The molecule has 0 radical (unpaired) electrons. The first-order valence-corrected chi connectivity index (χ1v) is 7.70. The number of imidazole rings is 1. The number of tetrazole rings is 1. The minimum atomic E-state index is 0.556. The molecule has 120 valence electrons. The van der Waals surface area contributed by atoms with Gasteiger partial charge in [0.2, 0.25) is 5.82 Å². The Morgan fingerprint density at radius 3 is 2.68 bits per heavy atom. The van der Waals surface area contributed by atoms with Gasteiger partial charge in [-0.15, -0.1) is 10.2 Å². The molecule has 0 unspecified atom stereocenters. The van der Waals surface area contributed by atoms with Crippen LogP contribution in [0.25, 0.3) is 44.9 Å². The van der Waals surface area contributed by atoms with Crippen LogP contribution in [0.1, 0.15) is 0 Å². The fourth-order valence-electron chi connectivity index (χ4n) is 2.82. The second kappa shape index (κ2) is 5.38. The standard InChI is InChI=1S/C17H12N8/c1-2-10(13-8-18-19-9-13)6-11(3-1)16-20-14-5-4-12(7-15(14)21-16)17-22-24-25-23-17/h1-9H,(H,18,19)(H,20,21)(H,22,23,24,25). The Kier molecular flexibility index (Phi) is 2.93. The predicted octanol–water partition coefficient (Wildman–Crippen LogP) is 2.80. The monoisotopic (exact) mass is 328 g/mol. The molecular weight excluding hydrogens is 316 g/mol. The first-order chi connectivity index (χ1) is 12.4. The van der Waals surface area contributed by atoms with Gasteiger partial charge >= 0.3 is 0 Å². The third kappa shape index (κ3) is 2.36. The van der Waals surface area contributed by atoms with Crippen LogP contribution in [-0.4, -0.2) is 40.8 Å². The number of H-pyrrole nitrogens is 3. The largest absolute Gasteiger partial charge is 0.338 e. The molecule has 3 N–H and O–H groups in total. The van der Waals surface area contributed by atoms with Gasteiger partial charge in [0.25, 0.3) is 0 Å². The number of rotatable bonds is 3. The van der Waals surface area contributed by atoms with Crippen LogP contribution in [0.2, 0.25) is 0 Å². The number of benzene rings is 2. The van der Waals surface area contributed by atoms with Gasteiger partial charge in [0.15, 0.2) is 0 Å². The van der Waals surface area contributed by atoms with Crippen molar-refractivity contribution in [2.45, 2.75) is 0 Å². The van der Waals surface area contributed by atoms with E-state index in [1.54, 1.807) is 6.20 Å². The van der Waals surface area contributed by atoms with Crippen molar-refractivity contribution in [3.05, 3.63) is 54.9 Å². The van der Waals surface area contributed by atoms with Crippen LogP contribution in [0.5, 0.6) is 0 Å². The molecule has 0 aliphatic carbocycles. The van der Waals surface area contributed by atoms with Gasteiger partial charge in [0.05, 0.1) is 17.2 Å². The molecule has 0 bridgehead atoms. The molecule has 5 aromatic rings. The zero-order valence-electron chi connectivity index (χ0n) is 12.9. The first-order valence-electron chi connectivity index (χ1n) is 7.70. The van der Waals surface area contributed by atoms with Crippen molar-refractivity contribution in [3.8, 4) is 33.9 Å². The topological polar surface area (TPSA) is 112 Å². The molecular formula is C17H12N8. The summed E-state index contributed by atoms with van der Waals surface area (Å²) in [5, 5.41) is 20.9. The quantitative estimate of drug-likeness (QED) is 0.471. The molecule has 25 heavy (non-hydrogen) atoms. The third-order valence-electron chi connectivity index (χ3n) is 4.05. The van der Waals surface area contributed by atoms with E-state index in [0.29, 0.717) is 5.82 Å². The van der Waals surface area contributed by atoms with Crippen molar-refractivity contribution < 1.29 is 0 Å². The lowest BCUT2D eigenvalue weighted by Crippen LogP contribution is -1.82. The van der Waals surface area contributed by atoms with E-state index in [2.05, 4.69) is 46.9 Å². The van der Waals surface area contributed by atoms with E-state index in [9.17, 15) is 0 Å². The van der Waals surface area contributed by atoms with Crippen LogP contribution < -0.4 is 0 Å². The van der Waals surface area contributed by atoms with Crippen LogP contribution in [0, 0.1) is 0 Å². The third-order valence-corrected chi connectivity index (χ3v) is 4.05. The zero-order valence-corrected chi connectivity index (χ0v) is 12.9. The summed E-state index contributed by atoms with van der Waals surface area (Å²) in [5.74, 6) is 1.37. The number of hydrogen-bond donors (Lipinski definition) is 3. The lowest BCUT2D eigenvalue weighted by molar-refractivity contribution is 0.881. The molecule has 2 aromatic carbocycles. The van der Waals surface area contributed by atoms with Gasteiger partial charge in [-0.1, -0.05) is 18.2 Å². The van der Waals surface area contributed by atoms with Gasteiger partial charge in [-0.25, -0.2) is 4.98 Å². The van der Waals surface area contributed by atoms with Crippen molar-refractivity contribution in [1.29, 1.82) is 0 Å². The molecule has 0 aliphatic heterocycles. The summed E-state index contributed by atoms with van der Waals surface area (Å²) in [6.07, 6.45) is 3.67. The smallest absolute Gasteiger partial charge is 0.204 e. The number of hydrogen-bond acceptors (Lipinski definition) is 5. The van der Waals surface area contributed by atoms with Crippen molar-refractivity contribution in [2.24, 2.45) is 0 Å². The van der Waals surface area contributed by atoms with Crippen molar-refractivity contribution in [2.75, 3.05) is 0 Å². The number of aromatic amines is 3. The summed E-state index contributed by atoms with van der Waals surface area (Å²) in [7, 11) is 0. The molecule has 0 spiro atoms. The number of nitrogens with zero attached hydrogens (tertiary/aromatic N) is 5. The van der Waals surface area contributed by atoms with Crippen molar-refractivity contribution >= 4 is 11.0 Å². The van der Waals surface area contributed by atoms with Gasteiger partial charge in [-0.3, -0.25) is 5.10 Å². The molecule has 0 atom stereocenters.